The fraction of sp³-hybridized carbons (Fsp3) is 0.316. The lowest BCUT2D eigenvalue weighted by atomic mass is 10.2. The number of anilines is 1. The summed E-state index contributed by atoms with van der Waals surface area (Å²) in [5, 5.41) is 2.86. The smallest absolute Gasteiger partial charge is 0.255 e. The van der Waals surface area contributed by atoms with Crippen LogP contribution in [0.2, 0.25) is 0 Å². The molecule has 0 saturated heterocycles. The maximum atomic E-state index is 12.4. The van der Waals surface area contributed by atoms with Crippen LogP contribution in [0.5, 0.6) is 11.5 Å². The van der Waals surface area contributed by atoms with Crippen LogP contribution in [0.1, 0.15) is 24.2 Å². The number of hydrogen-bond acceptors (Lipinski definition) is 4. The summed E-state index contributed by atoms with van der Waals surface area (Å²) in [4.78, 5) is 12.4. The quantitative estimate of drug-likeness (QED) is 0.749. The van der Waals surface area contributed by atoms with E-state index in [9.17, 15) is 4.79 Å². The van der Waals surface area contributed by atoms with Crippen molar-refractivity contribution in [1.29, 1.82) is 0 Å². The van der Waals surface area contributed by atoms with Crippen LogP contribution in [-0.2, 0) is 4.74 Å². The van der Waals surface area contributed by atoms with E-state index in [4.69, 9.17) is 14.2 Å². The van der Waals surface area contributed by atoms with Gasteiger partial charge in [0.2, 0.25) is 0 Å². The van der Waals surface area contributed by atoms with Crippen LogP contribution < -0.4 is 14.8 Å². The van der Waals surface area contributed by atoms with Crippen molar-refractivity contribution in [2.75, 3.05) is 25.6 Å². The largest absolute Gasteiger partial charge is 0.491 e. The van der Waals surface area contributed by atoms with Gasteiger partial charge in [-0.3, -0.25) is 4.79 Å². The zero-order chi connectivity index (χ0) is 17.4. The van der Waals surface area contributed by atoms with Gasteiger partial charge < -0.3 is 19.5 Å². The summed E-state index contributed by atoms with van der Waals surface area (Å²) < 4.78 is 16.1. The van der Waals surface area contributed by atoms with Gasteiger partial charge in [-0.05, 0) is 44.2 Å². The summed E-state index contributed by atoms with van der Waals surface area (Å²) >= 11 is 0. The second-order valence-corrected chi connectivity index (χ2v) is 5.52. The van der Waals surface area contributed by atoms with Crippen molar-refractivity contribution in [1.82, 2.24) is 0 Å². The van der Waals surface area contributed by atoms with Crippen molar-refractivity contribution in [3.63, 3.8) is 0 Å². The Bertz CT molecular complexity index is 670. The molecule has 2 rings (SSSR count). The molecule has 0 radical (unpaired) electrons. The van der Waals surface area contributed by atoms with Gasteiger partial charge >= 0.3 is 0 Å². The monoisotopic (exact) mass is 329 g/mol. The molecule has 0 aliphatic rings. The summed E-state index contributed by atoms with van der Waals surface area (Å²) in [6, 6.07) is 14.4. The van der Waals surface area contributed by atoms with Crippen molar-refractivity contribution < 1.29 is 19.0 Å². The van der Waals surface area contributed by atoms with E-state index in [1.54, 1.807) is 31.4 Å². The molecular weight excluding hydrogens is 306 g/mol. The summed E-state index contributed by atoms with van der Waals surface area (Å²) in [5.74, 6) is 1.16. The number of hydrogen-bond donors (Lipinski definition) is 1. The molecule has 0 saturated carbocycles. The minimum Gasteiger partial charge on any atom is -0.491 e. The minimum absolute atomic E-state index is 0.0595. The Labute approximate surface area is 142 Å². The molecule has 0 unspecified atom stereocenters. The van der Waals surface area contributed by atoms with Crippen LogP contribution in [0.25, 0.3) is 0 Å². The normalized spacial score (nSPS) is 10.5. The SMILES string of the molecule is COCCOc1cccc(NC(=O)c2cccc(OC(C)C)c2)c1. The van der Waals surface area contributed by atoms with Crippen LogP contribution in [0.4, 0.5) is 5.69 Å². The van der Waals surface area contributed by atoms with Crippen LogP contribution >= 0.6 is 0 Å². The van der Waals surface area contributed by atoms with Crippen molar-refractivity contribution in [2.45, 2.75) is 20.0 Å². The predicted molar refractivity (Wildman–Crippen MR) is 94.0 cm³/mol. The Balaban J connectivity index is 2.02. The first-order valence-corrected chi connectivity index (χ1v) is 7.88. The Morgan fingerprint density at radius 2 is 1.79 bits per heavy atom. The Morgan fingerprint density at radius 3 is 2.54 bits per heavy atom. The molecule has 0 aliphatic carbocycles. The summed E-state index contributed by atoms with van der Waals surface area (Å²) in [6.07, 6.45) is 0.0595. The van der Waals surface area contributed by atoms with E-state index in [0.29, 0.717) is 36.0 Å². The zero-order valence-electron chi connectivity index (χ0n) is 14.2. The molecule has 2 aromatic rings. The molecule has 0 spiro atoms. The highest BCUT2D eigenvalue weighted by molar-refractivity contribution is 6.04. The van der Waals surface area contributed by atoms with Crippen LogP contribution in [0.3, 0.4) is 0 Å². The van der Waals surface area contributed by atoms with Crippen molar-refractivity contribution in [2.24, 2.45) is 0 Å². The number of nitrogens with one attached hydrogen (secondary N) is 1. The first-order valence-electron chi connectivity index (χ1n) is 7.88. The van der Waals surface area contributed by atoms with E-state index in [-0.39, 0.29) is 12.0 Å². The van der Waals surface area contributed by atoms with E-state index in [1.807, 2.05) is 38.1 Å². The molecule has 128 valence electrons. The number of ether oxygens (including phenoxy) is 3. The fourth-order valence-electron chi connectivity index (χ4n) is 2.09. The van der Waals surface area contributed by atoms with E-state index < -0.39 is 0 Å². The third-order valence-electron chi connectivity index (χ3n) is 3.12. The Kier molecular flexibility index (Phi) is 6.63. The number of amides is 1. The fourth-order valence-corrected chi connectivity index (χ4v) is 2.09. The van der Waals surface area contributed by atoms with Gasteiger partial charge in [-0.15, -0.1) is 0 Å². The number of carbonyl (C=O) groups is 1. The standard InChI is InChI=1S/C19H23NO4/c1-14(2)24-18-9-4-6-15(12-18)19(21)20-16-7-5-8-17(13-16)23-11-10-22-3/h4-9,12-14H,10-11H2,1-3H3,(H,20,21). The molecule has 0 atom stereocenters. The highest BCUT2D eigenvalue weighted by Gasteiger charge is 2.08. The predicted octanol–water partition coefficient (Wildman–Crippen LogP) is 3.75. The van der Waals surface area contributed by atoms with Gasteiger partial charge in [0.15, 0.2) is 0 Å². The van der Waals surface area contributed by atoms with E-state index in [1.165, 1.54) is 0 Å². The van der Waals surface area contributed by atoms with Gasteiger partial charge in [-0.1, -0.05) is 12.1 Å². The molecule has 2 aromatic carbocycles. The van der Waals surface area contributed by atoms with Crippen molar-refractivity contribution >= 4 is 11.6 Å². The highest BCUT2D eigenvalue weighted by atomic mass is 16.5. The first-order chi connectivity index (χ1) is 11.6. The first kappa shape index (κ1) is 17.8. The molecule has 1 amide bonds. The third kappa shape index (κ3) is 5.59. The molecule has 0 heterocycles. The maximum absolute atomic E-state index is 12.4. The number of methoxy groups -OCH3 is 1. The minimum atomic E-state index is -0.196. The van der Waals surface area contributed by atoms with Crippen LogP contribution in [0, 0.1) is 0 Å². The molecule has 24 heavy (non-hydrogen) atoms. The molecule has 5 nitrogen and oxygen atoms in total. The lowest BCUT2D eigenvalue weighted by Gasteiger charge is -2.12. The Morgan fingerprint density at radius 1 is 1.04 bits per heavy atom. The van der Waals surface area contributed by atoms with E-state index in [2.05, 4.69) is 5.32 Å². The average Bonchev–Trinajstić information content (AvgIpc) is 2.55. The molecule has 0 aliphatic heterocycles. The van der Waals surface area contributed by atoms with Gasteiger partial charge in [0.1, 0.15) is 18.1 Å². The van der Waals surface area contributed by atoms with Gasteiger partial charge in [0.05, 0.1) is 12.7 Å². The summed E-state index contributed by atoms with van der Waals surface area (Å²) in [5.41, 5.74) is 1.21. The number of rotatable bonds is 8. The molecule has 5 heteroatoms. The molecule has 0 fully saturated rings. The zero-order valence-corrected chi connectivity index (χ0v) is 14.2. The van der Waals surface area contributed by atoms with E-state index in [0.717, 1.165) is 0 Å². The highest BCUT2D eigenvalue weighted by Crippen LogP contribution is 2.20. The van der Waals surface area contributed by atoms with Crippen LogP contribution in [0.15, 0.2) is 48.5 Å². The summed E-state index contributed by atoms with van der Waals surface area (Å²) in [7, 11) is 1.62. The van der Waals surface area contributed by atoms with Crippen molar-refractivity contribution in [3.05, 3.63) is 54.1 Å². The van der Waals surface area contributed by atoms with Crippen LogP contribution in [-0.4, -0.2) is 32.3 Å². The number of benzene rings is 2. The summed E-state index contributed by atoms with van der Waals surface area (Å²) in [6.45, 7) is 4.87. The lowest BCUT2D eigenvalue weighted by Crippen LogP contribution is -2.13. The Hall–Kier alpha value is -2.53. The molecular formula is C19H23NO4. The second-order valence-electron chi connectivity index (χ2n) is 5.52. The van der Waals surface area contributed by atoms with E-state index >= 15 is 0 Å². The topological polar surface area (TPSA) is 56.8 Å². The van der Waals surface area contributed by atoms with Gasteiger partial charge in [0.25, 0.3) is 5.91 Å². The average molecular weight is 329 g/mol. The van der Waals surface area contributed by atoms with Gasteiger partial charge in [0, 0.05) is 24.4 Å². The lowest BCUT2D eigenvalue weighted by molar-refractivity contribution is 0.102. The van der Waals surface area contributed by atoms with Crippen molar-refractivity contribution in [3.8, 4) is 11.5 Å². The second kappa shape index (κ2) is 8.93. The molecule has 1 N–H and O–H groups in total. The molecule has 0 aromatic heterocycles. The molecule has 0 bridgehead atoms. The third-order valence-corrected chi connectivity index (χ3v) is 3.12. The number of carbonyl (C=O) groups excluding carboxylic acids is 1. The maximum Gasteiger partial charge on any atom is 0.255 e. The van der Waals surface area contributed by atoms with Gasteiger partial charge in [-0.25, -0.2) is 0 Å². The van der Waals surface area contributed by atoms with Gasteiger partial charge in [-0.2, -0.15) is 0 Å².